The van der Waals surface area contributed by atoms with E-state index in [9.17, 15) is 0 Å². The third-order valence-electron chi connectivity index (χ3n) is 3.49. The van der Waals surface area contributed by atoms with E-state index in [2.05, 4.69) is 55.0 Å². The zero-order chi connectivity index (χ0) is 14.5. The Labute approximate surface area is 121 Å². The summed E-state index contributed by atoms with van der Waals surface area (Å²) in [5.41, 5.74) is 9.80. The summed E-state index contributed by atoms with van der Waals surface area (Å²) in [6.07, 6.45) is 1.83. The minimum absolute atomic E-state index is 0.0607. The summed E-state index contributed by atoms with van der Waals surface area (Å²) in [6.45, 7) is 4.96. The quantitative estimate of drug-likeness (QED) is 0.907. The highest BCUT2D eigenvalue weighted by molar-refractivity contribution is 5.26. The van der Waals surface area contributed by atoms with Gasteiger partial charge in [-0.05, 0) is 38.6 Å². The molecule has 20 heavy (non-hydrogen) atoms. The predicted octanol–water partition coefficient (Wildman–Crippen LogP) is 2.91. The van der Waals surface area contributed by atoms with E-state index < -0.39 is 0 Å². The van der Waals surface area contributed by atoms with Crippen LogP contribution in [-0.2, 0) is 6.54 Å². The van der Waals surface area contributed by atoms with Crippen molar-refractivity contribution in [3.8, 4) is 0 Å². The average molecular weight is 269 g/mol. The van der Waals surface area contributed by atoms with Gasteiger partial charge in [0, 0.05) is 24.8 Å². The van der Waals surface area contributed by atoms with E-state index in [1.165, 1.54) is 11.1 Å². The van der Waals surface area contributed by atoms with E-state index in [-0.39, 0.29) is 12.1 Å². The van der Waals surface area contributed by atoms with Gasteiger partial charge in [-0.3, -0.25) is 9.88 Å². The molecular weight excluding hydrogens is 246 g/mol. The minimum atomic E-state index is 0.0607. The molecular formula is C17H23N3. The Kier molecular flexibility index (Phi) is 4.88. The number of hydrogen-bond acceptors (Lipinski definition) is 3. The van der Waals surface area contributed by atoms with Crippen molar-refractivity contribution in [1.82, 2.24) is 9.88 Å². The fraction of sp³-hybridized carbons (Fsp3) is 0.353. The van der Waals surface area contributed by atoms with Crippen molar-refractivity contribution >= 4 is 0 Å². The number of benzene rings is 1. The van der Waals surface area contributed by atoms with Gasteiger partial charge < -0.3 is 5.73 Å². The number of likely N-dealkylation sites (N-methyl/N-ethyl adjacent to an activating group) is 1. The molecule has 0 aliphatic heterocycles. The molecule has 3 nitrogen and oxygen atoms in total. The van der Waals surface area contributed by atoms with Crippen molar-refractivity contribution in [3.63, 3.8) is 0 Å². The molecule has 0 aliphatic carbocycles. The smallest absolute Gasteiger partial charge is 0.0544 e. The maximum absolute atomic E-state index is 6.21. The third kappa shape index (κ3) is 3.65. The maximum atomic E-state index is 6.21. The molecule has 0 saturated heterocycles. The summed E-state index contributed by atoms with van der Waals surface area (Å²) in [5.74, 6) is 0. The van der Waals surface area contributed by atoms with Crippen LogP contribution in [0.4, 0.5) is 0 Å². The van der Waals surface area contributed by atoms with Crippen LogP contribution < -0.4 is 5.73 Å². The lowest BCUT2D eigenvalue weighted by atomic mass is 9.98. The first-order valence-electron chi connectivity index (χ1n) is 7.00. The van der Waals surface area contributed by atoms with Crippen molar-refractivity contribution in [2.75, 3.05) is 7.05 Å². The summed E-state index contributed by atoms with van der Waals surface area (Å²) >= 11 is 0. The third-order valence-corrected chi connectivity index (χ3v) is 3.49. The van der Waals surface area contributed by atoms with E-state index in [1.807, 2.05) is 24.4 Å². The second-order valence-corrected chi connectivity index (χ2v) is 5.45. The average Bonchev–Trinajstić information content (AvgIpc) is 2.39. The lowest BCUT2D eigenvalue weighted by Gasteiger charge is -2.31. The molecule has 2 aromatic rings. The van der Waals surface area contributed by atoms with Crippen LogP contribution >= 0.6 is 0 Å². The van der Waals surface area contributed by atoms with Crippen molar-refractivity contribution in [3.05, 3.63) is 65.5 Å². The number of aryl methyl sites for hydroxylation is 1. The molecule has 2 atom stereocenters. The largest absolute Gasteiger partial charge is 0.326 e. The fourth-order valence-electron chi connectivity index (χ4n) is 2.66. The normalized spacial score (nSPS) is 14.2. The number of hydrogen-bond donors (Lipinski definition) is 1. The predicted molar refractivity (Wildman–Crippen MR) is 83.3 cm³/mol. The molecule has 1 heterocycles. The zero-order valence-corrected chi connectivity index (χ0v) is 12.5. The number of nitrogens with zero attached hydrogens (tertiary/aromatic N) is 2. The SMILES string of the molecule is Cc1cccc(C(C(C)N)N(C)Cc2ccccn2)c1. The maximum Gasteiger partial charge on any atom is 0.0544 e. The van der Waals surface area contributed by atoms with Crippen LogP contribution in [0.25, 0.3) is 0 Å². The first-order chi connectivity index (χ1) is 9.58. The highest BCUT2D eigenvalue weighted by Gasteiger charge is 2.21. The van der Waals surface area contributed by atoms with Gasteiger partial charge in [0.25, 0.3) is 0 Å². The van der Waals surface area contributed by atoms with E-state index in [0.29, 0.717) is 0 Å². The molecule has 0 radical (unpaired) electrons. The Morgan fingerprint density at radius 2 is 2.00 bits per heavy atom. The molecule has 1 aromatic heterocycles. The highest BCUT2D eigenvalue weighted by Crippen LogP contribution is 2.24. The summed E-state index contributed by atoms with van der Waals surface area (Å²) in [4.78, 5) is 6.65. The van der Waals surface area contributed by atoms with Gasteiger partial charge in [0.1, 0.15) is 0 Å². The van der Waals surface area contributed by atoms with Gasteiger partial charge in [-0.15, -0.1) is 0 Å². The Balaban J connectivity index is 2.20. The zero-order valence-electron chi connectivity index (χ0n) is 12.5. The monoisotopic (exact) mass is 269 g/mol. The van der Waals surface area contributed by atoms with Gasteiger partial charge in [-0.1, -0.05) is 35.9 Å². The van der Waals surface area contributed by atoms with Crippen LogP contribution in [0.3, 0.4) is 0 Å². The lowest BCUT2D eigenvalue weighted by Crippen LogP contribution is -2.37. The topological polar surface area (TPSA) is 42.1 Å². The number of pyridine rings is 1. The van der Waals surface area contributed by atoms with Crippen molar-refractivity contribution < 1.29 is 0 Å². The molecule has 0 aliphatic rings. The summed E-state index contributed by atoms with van der Waals surface area (Å²) < 4.78 is 0. The first-order valence-corrected chi connectivity index (χ1v) is 7.00. The number of aromatic nitrogens is 1. The molecule has 2 unspecified atom stereocenters. The van der Waals surface area contributed by atoms with E-state index >= 15 is 0 Å². The van der Waals surface area contributed by atoms with Crippen LogP contribution in [0, 0.1) is 6.92 Å². The fourth-order valence-corrected chi connectivity index (χ4v) is 2.66. The van der Waals surface area contributed by atoms with Gasteiger partial charge in [0.2, 0.25) is 0 Å². The van der Waals surface area contributed by atoms with Crippen LogP contribution in [0.2, 0.25) is 0 Å². The Morgan fingerprint density at radius 3 is 2.60 bits per heavy atom. The van der Waals surface area contributed by atoms with Crippen LogP contribution in [0.5, 0.6) is 0 Å². The van der Waals surface area contributed by atoms with Crippen LogP contribution in [0.1, 0.15) is 29.8 Å². The lowest BCUT2D eigenvalue weighted by molar-refractivity contribution is 0.208. The first kappa shape index (κ1) is 14.7. The van der Waals surface area contributed by atoms with Crippen LogP contribution in [-0.4, -0.2) is 23.0 Å². The molecule has 0 amide bonds. The minimum Gasteiger partial charge on any atom is -0.326 e. The Morgan fingerprint density at radius 1 is 1.20 bits per heavy atom. The molecule has 1 aromatic carbocycles. The van der Waals surface area contributed by atoms with E-state index in [0.717, 1.165) is 12.2 Å². The number of rotatable bonds is 5. The standard InChI is InChI=1S/C17H23N3/c1-13-7-6-8-15(11-13)17(14(2)18)20(3)12-16-9-4-5-10-19-16/h4-11,14,17H,12,18H2,1-3H3. The molecule has 3 heteroatoms. The second-order valence-electron chi connectivity index (χ2n) is 5.45. The van der Waals surface area contributed by atoms with E-state index in [4.69, 9.17) is 5.73 Å². The molecule has 2 N–H and O–H groups in total. The van der Waals surface area contributed by atoms with Crippen LogP contribution in [0.15, 0.2) is 48.7 Å². The molecule has 0 bridgehead atoms. The molecule has 0 spiro atoms. The summed E-state index contributed by atoms with van der Waals surface area (Å²) in [7, 11) is 2.10. The molecule has 2 rings (SSSR count). The van der Waals surface area contributed by atoms with E-state index in [1.54, 1.807) is 0 Å². The van der Waals surface area contributed by atoms with Crippen molar-refractivity contribution in [2.24, 2.45) is 5.73 Å². The molecule has 0 fully saturated rings. The van der Waals surface area contributed by atoms with Gasteiger partial charge in [0.05, 0.1) is 5.69 Å². The van der Waals surface area contributed by atoms with Gasteiger partial charge in [-0.25, -0.2) is 0 Å². The van der Waals surface area contributed by atoms with Gasteiger partial charge in [0.15, 0.2) is 0 Å². The van der Waals surface area contributed by atoms with Gasteiger partial charge in [-0.2, -0.15) is 0 Å². The molecule has 106 valence electrons. The van der Waals surface area contributed by atoms with Gasteiger partial charge >= 0.3 is 0 Å². The second kappa shape index (κ2) is 6.64. The van der Waals surface area contributed by atoms with Crippen molar-refractivity contribution in [2.45, 2.75) is 32.5 Å². The Hall–Kier alpha value is -1.71. The van der Waals surface area contributed by atoms with Crippen molar-refractivity contribution in [1.29, 1.82) is 0 Å². The highest BCUT2D eigenvalue weighted by atomic mass is 15.2. The Bertz CT molecular complexity index is 537. The summed E-state index contributed by atoms with van der Waals surface area (Å²) in [5, 5.41) is 0. The summed E-state index contributed by atoms with van der Waals surface area (Å²) in [6, 6.07) is 14.8. The molecule has 0 saturated carbocycles. The number of nitrogens with two attached hydrogens (primary N) is 1.